The summed E-state index contributed by atoms with van der Waals surface area (Å²) in [4.78, 5) is 26.3. The lowest BCUT2D eigenvalue weighted by molar-refractivity contribution is -0.149. The molecule has 1 saturated heterocycles. The van der Waals surface area contributed by atoms with E-state index in [1.165, 1.54) is 11.6 Å². The van der Waals surface area contributed by atoms with E-state index in [1.54, 1.807) is 17.0 Å². The first-order valence-corrected chi connectivity index (χ1v) is 9.81. The molecule has 0 atom stereocenters. The van der Waals surface area contributed by atoms with Crippen LogP contribution in [-0.2, 0) is 20.7 Å². The molecular formula is C24H24N2O3. The first-order valence-electron chi connectivity index (χ1n) is 9.81. The van der Waals surface area contributed by atoms with Crippen molar-refractivity contribution in [3.8, 4) is 6.07 Å². The lowest BCUT2D eigenvalue weighted by atomic mass is 9.90. The Morgan fingerprint density at radius 2 is 1.66 bits per heavy atom. The maximum Gasteiger partial charge on any atom is 0.349 e. The summed E-state index contributed by atoms with van der Waals surface area (Å²) in [6.07, 6.45) is 4.35. The van der Waals surface area contributed by atoms with Gasteiger partial charge in [0.25, 0.3) is 5.91 Å². The van der Waals surface area contributed by atoms with Gasteiger partial charge in [-0.2, -0.15) is 5.26 Å². The number of nitrogens with zero attached hydrogens (tertiary/aromatic N) is 2. The van der Waals surface area contributed by atoms with E-state index in [1.807, 2.05) is 42.5 Å². The zero-order chi connectivity index (χ0) is 20.5. The highest BCUT2D eigenvalue weighted by molar-refractivity contribution is 5.98. The Labute approximate surface area is 171 Å². The fourth-order valence-corrected chi connectivity index (χ4v) is 3.48. The number of ether oxygens (including phenoxy) is 1. The number of hydrogen-bond donors (Lipinski definition) is 0. The Bertz CT molecular complexity index is 893. The Morgan fingerprint density at radius 3 is 2.28 bits per heavy atom. The third kappa shape index (κ3) is 6.05. The fraction of sp³-hybridized carbons (Fsp3) is 0.292. The molecular weight excluding hydrogens is 364 g/mol. The summed E-state index contributed by atoms with van der Waals surface area (Å²) in [6.45, 7) is 0.994. The lowest BCUT2D eigenvalue weighted by Gasteiger charge is -2.32. The van der Waals surface area contributed by atoms with Crippen LogP contribution in [0.5, 0.6) is 0 Å². The van der Waals surface area contributed by atoms with Crippen molar-refractivity contribution in [2.75, 3.05) is 19.7 Å². The van der Waals surface area contributed by atoms with Gasteiger partial charge >= 0.3 is 5.97 Å². The Balaban J connectivity index is 1.45. The van der Waals surface area contributed by atoms with Gasteiger partial charge in [-0.25, -0.2) is 4.79 Å². The number of amides is 1. The standard InChI is InChI=1S/C24H24N2O3/c25-17-22(16-20-9-5-2-6-10-20)24(28)29-18-23(27)26-13-11-21(12-14-26)15-19-7-3-1-4-8-19/h1-10,16,21H,11-15,18H2/b22-16+. The van der Waals surface area contributed by atoms with E-state index in [4.69, 9.17) is 4.74 Å². The predicted octanol–water partition coefficient (Wildman–Crippen LogP) is 3.62. The number of esters is 1. The summed E-state index contributed by atoms with van der Waals surface area (Å²) in [6, 6.07) is 21.3. The number of rotatable bonds is 6. The van der Waals surface area contributed by atoms with Gasteiger partial charge in [-0.1, -0.05) is 60.7 Å². The molecule has 0 saturated carbocycles. The molecule has 0 spiro atoms. The average molecular weight is 388 g/mol. The Kier molecular flexibility index (Phi) is 7.18. The summed E-state index contributed by atoms with van der Waals surface area (Å²) in [5.74, 6) is -0.430. The number of benzene rings is 2. The molecule has 0 radical (unpaired) electrons. The zero-order valence-corrected chi connectivity index (χ0v) is 16.3. The summed E-state index contributed by atoms with van der Waals surface area (Å²) < 4.78 is 5.08. The van der Waals surface area contributed by atoms with Gasteiger partial charge in [-0.15, -0.1) is 0 Å². The van der Waals surface area contributed by atoms with E-state index < -0.39 is 5.97 Å². The minimum absolute atomic E-state index is 0.120. The Hall–Kier alpha value is -3.39. The summed E-state index contributed by atoms with van der Waals surface area (Å²) in [5, 5.41) is 9.21. The van der Waals surface area contributed by atoms with Gasteiger partial charge in [-0.3, -0.25) is 4.79 Å². The molecule has 1 aliphatic heterocycles. The minimum atomic E-state index is -0.774. The van der Waals surface area contributed by atoms with E-state index in [2.05, 4.69) is 12.1 Å². The van der Waals surface area contributed by atoms with Crippen LogP contribution >= 0.6 is 0 Å². The van der Waals surface area contributed by atoms with Crippen molar-refractivity contribution < 1.29 is 14.3 Å². The number of piperidine rings is 1. The smallest absolute Gasteiger partial charge is 0.349 e. The van der Waals surface area contributed by atoms with E-state index in [0.717, 1.165) is 24.8 Å². The first-order chi connectivity index (χ1) is 14.2. The number of carbonyl (C=O) groups excluding carboxylic acids is 2. The number of nitriles is 1. The van der Waals surface area contributed by atoms with Crippen LogP contribution in [0.4, 0.5) is 0 Å². The van der Waals surface area contributed by atoms with Crippen LogP contribution in [0.2, 0.25) is 0 Å². The molecule has 5 nitrogen and oxygen atoms in total. The van der Waals surface area contributed by atoms with Gasteiger partial charge in [0, 0.05) is 13.1 Å². The molecule has 29 heavy (non-hydrogen) atoms. The van der Waals surface area contributed by atoms with Gasteiger partial charge in [-0.05, 0) is 42.4 Å². The monoisotopic (exact) mass is 388 g/mol. The quantitative estimate of drug-likeness (QED) is 0.431. The number of carbonyl (C=O) groups is 2. The molecule has 1 fully saturated rings. The number of likely N-dealkylation sites (tertiary alicyclic amines) is 1. The van der Waals surface area contributed by atoms with E-state index in [9.17, 15) is 14.9 Å². The predicted molar refractivity (Wildman–Crippen MR) is 110 cm³/mol. The highest BCUT2D eigenvalue weighted by atomic mass is 16.5. The van der Waals surface area contributed by atoms with Crippen LogP contribution < -0.4 is 0 Å². The fourth-order valence-electron chi connectivity index (χ4n) is 3.48. The highest BCUT2D eigenvalue weighted by Gasteiger charge is 2.24. The molecule has 148 valence electrons. The third-order valence-electron chi connectivity index (χ3n) is 5.11. The number of hydrogen-bond acceptors (Lipinski definition) is 4. The van der Waals surface area contributed by atoms with Crippen LogP contribution in [0.25, 0.3) is 6.08 Å². The van der Waals surface area contributed by atoms with Gasteiger partial charge in [0.1, 0.15) is 11.6 Å². The second-order valence-corrected chi connectivity index (χ2v) is 7.17. The molecule has 5 heteroatoms. The second kappa shape index (κ2) is 10.2. The third-order valence-corrected chi connectivity index (χ3v) is 5.11. The normalized spacial score (nSPS) is 14.9. The Morgan fingerprint density at radius 1 is 1.03 bits per heavy atom. The van der Waals surface area contributed by atoms with Crippen molar-refractivity contribution >= 4 is 18.0 Å². The summed E-state index contributed by atoms with van der Waals surface area (Å²) >= 11 is 0. The van der Waals surface area contributed by atoms with Crippen LogP contribution in [0.1, 0.15) is 24.0 Å². The lowest BCUT2D eigenvalue weighted by Crippen LogP contribution is -2.41. The van der Waals surface area contributed by atoms with Crippen molar-refractivity contribution in [1.82, 2.24) is 4.90 Å². The van der Waals surface area contributed by atoms with E-state index >= 15 is 0 Å². The topological polar surface area (TPSA) is 70.4 Å². The van der Waals surface area contributed by atoms with Crippen molar-refractivity contribution in [2.45, 2.75) is 19.3 Å². The zero-order valence-electron chi connectivity index (χ0n) is 16.3. The van der Waals surface area contributed by atoms with Crippen molar-refractivity contribution in [2.24, 2.45) is 5.92 Å². The van der Waals surface area contributed by atoms with Crippen molar-refractivity contribution in [1.29, 1.82) is 5.26 Å². The van der Waals surface area contributed by atoms with Gasteiger partial charge in [0.05, 0.1) is 0 Å². The van der Waals surface area contributed by atoms with Gasteiger partial charge in [0.15, 0.2) is 6.61 Å². The minimum Gasteiger partial charge on any atom is -0.451 e. The van der Waals surface area contributed by atoms with Gasteiger partial charge < -0.3 is 9.64 Å². The maximum atomic E-state index is 12.4. The summed E-state index contributed by atoms with van der Waals surface area (Å²) in [7, 11) is 0. The molecule has 3 rings (SSSR count). The summed E-state index contributed by atoms with van der Waals surface area (Å²) in [5.41, 5.74) is 1.93. The van der Waals surface area contributed by atoms with Crippen LogP contribution in [0, 0.1) is 17.2 Å². The van der Waals surface area contributed by atoms with Crippen LogP contribution in [0.15, 0.2) is 66.2 Å². The highest BCUT2D eigenvalue weighted by Crippen LogP contribution is 2.21. The first kappa shape index (κ1) is 20.3. The molecule has 0 aliphatic carbocycles. The van der Waals surface area contributed by atoms with Crippen LogP contribution in [-0.4, -0.2) is 36.5 Å². The molecule has 1 heterocycles. The molecule has 2 aromatic rings. The van der Waals surface area contributed by atoms with Crippen molar-refractivity contribution in [3.05, 3.63) is 77.4 Å². The van der Waals surface area contributed by atoms with Crippen LogP contribution in [0.3, 0.4) is 0 Å². The largest absolute Gasteiger partial charge is 0.451 e. The maximum absolute atomic E-state index is 12.4. The molecule has 1 amide bonds. The molecule has 0 N–H and O–H groups in total. The molecule has 2 aromatic carbocycles. The average Bonchev–Trinajstić information content (AvgIpc) is 2.77. The SMILES string of the molecule is N#C/C(=C\c1ccccc1)C(=O)OCC(=O)N1CCC(Cc2ccccc2)CC1. The van der Waals surface area contributed by atoms with E-state index in [0.29, 0.717) is 19.0 Å². The van der Waals surface area contributed by atoms with Crippen molar-refractivity contribution in [3.63, 3.8) is 0 Å². The second-order valence-electron chi connectivity index (χ2n) is 7.17. The molecule has 0 aromatic heterocycles. The van der Waals surface area contributed by atoms with E-state index in [-0.39, 0.29) is 18.1 Å². The molecule has 0 unspecified atom stereocenters. The molecule has 0 bridgehead atoms. The molecule has 1 aliphatic rings. The van der Waals surface area contributed by atoms with Gasteiger partial charge in [0.2, 0.25) is 0 Å².